The summed E-state index contributed by atoms with van der Waals surface area (Å²) < 4.78 is 11.3. The number of piperidine rings is 1. The Morgan fingerprint density at radius 3 is 2.88 bits per heavy atom. The van der Waals surface area contributed by atoms with Gasteiger partial charge in [0.2, 0.25) is 0 Å². The smallest absolute Gasteiger partial charge is 0.257 e. The second-order valence-electron chi connectivity index (χ2n) is 7.11. The number of rotatable bonds is 7. The number of likely N-dealkylation sites (tertiary alicyclic amines) is 1. The average Bonchev–Trinajstić information content (AvgIpc) is 3.04. The number of para-hydroxylation sites is 1. The molecule has 1 amide bonds. The van der Waals surface area contributed by atoms with E-state index < -0.39 is 0 Å². The Morgan fingerprint density at radius 2 is 2.12 bits per heavy atom. The van der Waals surface area contributed by atoms with Gasteiger partial charge in [-0.1, -0.05) is 18.2 Å². The van der Waals surface area contributed by atoms with Crippen molar-refractivity contribution in [2.75, 3.05) is 26.2 Å². The molecule has 140 valence electrons. The fraction of sp³-hybridized carbons (Fsp3) is 0.476. The molecule has 1 aliphatic heterocycles. The molecule has 1 N–H and O–H groups in total. The molecule has 1 atom stereocenters. The van der Waals surface area contributed by atoms with E-state index >= 15 is 0 Å². The van der Waals surface area contributed by atoms with Gasteiger partial charge in [0.15, 0.2) is 6.61 Å². The zero-order chi connectivity index (χ0) is 18.4. The van der Waals surface area contributed by atoms with Crippen molar-refractivity contribution < 1.29 is 13.9 Å². The highest BCUT2D eigenvalue weighted by molar-refractivity contribution is 5.77. The normalized spacial score (nSPS) is 17.8. The summed E-state index contributed by atoms with van der Waals surface area (Å²) in [5, 5.41) is 3.02. The van der Waals surface area contributed by atoms with Gasteiger partial charge >= 0.3 is 0 Å². The van der Waals surface area contributed by atoms with Crippen LogP contribution in [0.4, 0.5) is 0 Å². The number of amides is 1. The molecule has 0 aliphatic carbocycles. The van der Waals surface area contributed by atoms with Crippen LogP contribution in [0.25, 0.3) is 0 Å². The van der Waals surface area contributed by atoms with Crippen molar-refractivity contribution in [1.82, 2.24) is 10.2 Å². The molecule has 26 heavy (non-hydrogen) atoms. The molecule has 3 rings (SSSR count). The zero-order valence-electron chi connectivity index (χ0n) is 15.7. The number of carbonyl (C=O) groups excluding carboxylic acids is 1. The first kappa shape index (κ1) is 18.5. The van der Waals surface area contributed by atoms with Crippen LogP contribution in [0.15, 0.2) is 40.8 Å². The van der Waals surface area contributed by atoms with Crippen molar-refractivity contribution >= 4 is 5.91 Å². The number of benzene rings is 1. The molecule has 5 heteroatoms. The van der Waals surface area contributed by atoms with E-state index in [1.54, 1.807) is 0 Å². The highest BCUT2D eigenvalue weighted by atomic mass is 16.5. The summed E-state index contributed by atoms with van der Waals surface area (Å²) in [6.07, 6.45) is 2.30. The average molecular weight is 356 g/mol. The summed E-state index contributed by atoms with van der Waals surface area (Å²) in [6, 6.07) is 11.8. The Morgan fingerprint density at radius 1 is 1.27 bits per heavy atom. The van der Waals surface area contributed by atoms with Gasteiger partial charge in [-0.15, -0.1) is 0 Å². The number of furan rings is 1. The van der Waals surface area contributed by atoms with Gasteiger partial charge in [-0.05, 0) is 62.9 Å². The first-order valence-electron chi connectivity index (χ1n) is 9.33. The first-order chi connectivity index (χ1) is 12.6. The summed E-state index contributed by atoms with van der Waals surface area (Å²) in [7, 11) is 0. The summed E-state index contributed by atoms with van der Waals surface area (Å²) in [5.41, 5.74) is 1.04. The molecular formula is C21H28N2O3. The number of carbonyl (C=O) groups is 1. The Hall–Kier alpha value is -2.27. The lowest BCUT2D eigenvalue weighted by molar-refractivity contribution is -0.123. The lowest BCUT2D eigenvalue weighted by Crippen LogP contribution is -2.41. The maximum absolute atomic E-state index is 12.1. The first-order valence-corrected chi connectivity index (χ1v) is 9.33. The van der Waals surface area contributed by atoms with E-state index in [0.717, 1.165) is 55.3 Å². The Kier molecular flexibility index (Phi) is 6.34. The van der Waals surface area contributed by atoms with Gasteiger partial charge in [-0.25, -0.2) is 0 Å². The fourth-order valence-corrected chi connectivity index (χ4v) is 3.42. The minimum atomic E-state index is -0.0629. The molecular weight excluding hydrogens is 328 g/mol. The molecule has 0 radical (unpaired) electrons. The Balaban J connectivity index is 1.39. The highest BCUT2D eigenvalue weighted by Gasteiger charge is 2.21. The molecule has 1 saturated heterocycles. The fourth-order valence-electron chi connectivity index (χ4n) is 3.42. The molecule has 5 nitrogen and oxygen atoms in total. The van der Waals surface area contributed by atoms with Crippen molar-refractivity contribution in [3.8, 4) is 5.75 Å². The van der Waals surface area contributed by atoms with Crippen LogP contribution in [0.1, 0.15) is 29.9 Å². The molecule has 0 spiro atoms. The van der Waals surface area contributed by atoms with Crippen molar-refractivity contribution in [2.24, 2.45) is 5.92 Å². The van der Waals surface area contributed by atoms with Gasteiger partial charge in [-0.3, -0.25) is 9.69 Å². The van der Waals surface area contributed by atoms with Crippen LogP contribution in [0.2, 0.25) is 0 Å². The summed E-state index contributed by atoms with van der Waals surface area (Å²) in [4.78, 5) is 14.5. The maximum atomic E-state index is 12.1. The summed E-state index contributed by atoms with van der Waals surface area (Å²) in [6.45, 7) is 7.62. The van der Waals surface area contributed by atoms with E-state index in [1.165, 1.54) is 0 Å². The van der Waals surface area contributed by atoms with Gasteiger partial charge in [0.25, 0.3) is 5.91 Å². The van der Waals surface area contributed by atoms with Crippen molar-refractivity contribution in [1.29, 1.82) is 0 Å². The number of nitrogens with one attached hydrogen (secondary N) is 1. The number of nitrogens with zero attached hydrogens (tertiary/aromatic N) is 1. The molecule has 2 heterocycles. The quantitative estimate of drug-likeness (QED) is 0.827. The molecule has 1 aliphatic rings. The molecule has 1 aromatic carbocycles. The van der Waals surface area contributed by atoms with E-state index in [1.807, 2.05) is 50.2 Å². The van der Waals surface area contributed by atoms with Gasteiger partial charge in [0.05, 0.1) is 6.54 Å². The molecule has 1 aromatic heterocycles. The van der Waals surface area contributed by atoms with Crippen molar-refractivity contribution in [2.45, 2.75) is 33.2 Å². The molecule has 2 aromatic rings. The third-order valence-corrected chi connectivity index (χ3v) is 4.82. The molecule has 1 unspecified atom stereocenters. The van der Waals surface area contributed by atoms with Crippen LogP contribution >= 0.6 is 0 Å². The van der Waals surface area contributed by atoms with Crippen LogP contribution in [0.5, 0.6) is 5.75 Å². The topological polar surface area (TPSA) is 54.7 Å². The highest BCUT2D eigenvalue weighted by Crippen LogP contribution is 2.19. The van der Waals surface area contributed by atoms with Crippen LogP contribution in [0, 0.1) is 19.8 Å². The lowest BCUT2D eigenvalue weighted by Gasteiger charge is -2.32. The Bertz CT molecular complexity index is 726. The Labute approximate surface area is 155 Å². The molecule has 0 saturated carbocycles. The minimum absolute atomic E-state index is 0.0625. The number of hydrogen-bond acceptors (Lipinski definition) is 4. The monoisotopic (exact) mass is 356 g/mol. The third-order valence-electron chi connectivity index (χ3n) is 4.82. The van der Waals surface area contributed by atoms with Crippen LogP contribution < -0.4 is 10.1 Å². The molecule has 0 bridgehead atoms. The SMILES string of the molecule is Cc1ccc(CN2CCCC(CNC(=O)COc3ccccc3C)C2)o1. The van der Waals surface area contributed by atoms with Gasteiger partial charge in [-0.2, -0.15) is 0 Å². The van der Waals surface area contributed by atoms with E-state index in [9.17, 15) is 4.79 Å². The molecule has 1 fully saturated rings. The summed E-state index contributed by atoms with van der Waals surface area (Å²) >= 11 is 0. The predicted octanol–water partition coefficient (Wildman–Crippen LogP) is 3.30. The van der Waals surface area contributed by atoms with E-state index in [2.05, 4.69) is 10.2 Å². The van der Waals surface area contributed by atoms with E-state index in [-0.39, 0.29) is 12.5 Å². The van der Waals surface area contributed by atoms with Crippen molar-refractivity contribution in [3.05, 3.63) is 53.5 Å². The number of hydrogen-bond donors (Lipinski definition) is 1. The van der Waals surface area contributed by atoms with Crippen molar-refractivity contribution in [3.63, 3.8) is 0 Å². The number of aryl methyl sites for hydroxylation is 2. The summed E-state index contributed by atoms with van der Waals surface area (Å²) in [5.74, 6) is 3.14. The lowest BCUT2D eigenvalue weighted by atomic mass is 9.98. The van der Waals surface area contributed by atoms with Crippen LogP contribution in [0.3, 0.4) is 0 Å². The second kappa shape index (κ2) is 8.90. The maximum Gasteiger partial charge on any atom is 0.257 e. The van der Waals surface area contributed by atoms with Gasteiger partial charge in [0, 0.05) is 13.1 Å². The van der Waals surface area contributed by atoms with E-state index in [4.69, 9.17) is 9.15 Å². The van der Waals surface area contributed by atoms with E-state index in [0.29, 0.717) is 12.5 Å². The second-order valence-corrected chi connectivity index (χ2v) is 7.11. The zero-order valence-corrected chi connectivity index (χ0v) is 15.7. The largest absolute Gasteiger partial charge is 0.484 e. The van der Waals surface area contributed by atoms with Gasteiger partial charge < -0.3 is 14.5 Å². The van der Waals surface area contributed by atoms with Crippen LogP contribution in [-0.2, 0) is 11.3 Å². The predicted molar refractivity (Wildman–Crippen MR) is 101 cm³/mol. The van der Waals surface area contributed by atoms with Gasteiger partial charge in [0.1, 0.15) is 17.3 Å². The number of ether oxygens (including phenoxy) is 1. The van der Waals surface area contributed by atoms with Crippen LogP contribution in [-0.4, -0.2) is 37.0 Å². The third kappa shape index (κ3) is 5.36. The standard InChI is InChI=1S/C21H28N2O3/c1-16-6-3-4-8-20(16)25-15-21(24)22-12-18-7-5-11-23(13-18)14-19-10-9-17(2)26-19/h3-4,6,8-10,18H,5,7,11-15H2,1-2H3,(H,22,24). The minimum Gasteiger partial charge on any atom is -0.484 e.